The molecule has 0 saturated carbocycles. The average Bonchev–Trinajstić information content (AvgIpc) is 3.21. The van der Waals surface area contributed by atoms with Gasteiger partial charge in [0.25, 0.3) is 11.8 Å². The van der Waals surface area contributed by atoms with Crippen LogP contribution in [0.1, 0.15) is 22.3 Å². The van der Waals surface area contributed by atoms with Crippen LogP contribution in [0.15, 0.2) is 59.1 Å². The molecule has 1 aromatic heterocycles. The van der Waals surface area contributed by atoms with E-state index >= 15 is 0 Å². The number of aliphatic hydroxyl groups excluding tert-OH is 2. The van der Waals surface area contributed by atoms with Gasteiger partial charge in [0.1, 0.15) is 18.4 Å². The van der Waals surface area contributed by atoms with Gasteiger partial charge in [0.05, 0.1) is 13.2 Å². The van der Waals surface area contributed by atoms with Crippen molar-refractivity contribution < 1.29 is 24.3 Å². The molecule has 8 nitrogen and oxygen atoms in total. The third-order valence-electron chi connectivity index (χ3n) is 3.74. The van der Waals surface area contributed by atoms with Crippen LogP contribution in [0, 0.1) is 0 Å². The SMILES string of the molecule is O=C(NC(CO)c1nc(-c2ccc(OCCO)cc2)no1)c1ccccc1. The van der Waals surface area contributed by atoms with Gasteiger partial charge in [-0.15, -0.1) is 0 Å². The van der Waals surface area contributed by atoms with Crippen molar-refractivity contribution in [2.75, 3.05) is 19.8 Å². The Kier molecular flexibility index (Phi) is 6.14. The number of ether oxygens (including phenoxy) is 1. The summed E-state index contributed by atoms with van der Waals surface area (Å²) in [5.74, 6) is 0.697. The highest BCUT2D eigenvalue weighted by Gasteiger charge is 2.21. The van der Waals surface area contributed by atoms with Gasteiger partial charge >= 0.3 is 0 Å². The quantitative estimate of drug-likeness (QED) is 0.552. The molecule has 0 spiro atoms. The van der Waals surface area contributed by atoms with Gasteiger partial charge < -0.3 is 24.8 Å². The molecule has 27 heavy (non-hydrogen) atoms. The molecule has 0 aliphatic rings. The highest BCUT2D eigenvalue weighted by Crippen LogP contribution is 2.22. The molecule has 0 bridgehead atoms. The summed E-state index contributed by atoms with van der Waals surface area (Å²) in [7, 11) is 0. The molecule has 3 N–H and O–H groups in total. The van der Waals surface area contributed by atoms with Crippen LogP contribution in [0.5, 0.6) is 5.75 Å². The molecule has 0 aliphatic heterocycles. The number of benzene rings is 2. The molecule has 140 valence electrons. The number of carbonyl (C=O) groups is 1. The molecule has 0 fully saturated rings. The Morgan fingerprint density at radius 2 is 1.85 bits per heavy atom. The second-order valence-electron chi connectivity index (χ2n) is 5.63. The predicted octanol–water partition coefficient (Wildman–Crippen LogP) is 1.57. The van der Waals surface area contributed by atoms with Crippen molar-refractivity contribution in [3.8, 4) is 17.1 Å². The molecule has 3 aromatic rings. The fourth-order valence-electron chi connectivity index (χ4n) is 2.37. The normalized spacial score (nSPS) is 11.8. The lowest BCUT2D eigenvalue weighted by atomic mass is 10.2. The minimum absolute atomic E-state index is 0.0623. The van der Waals surface area contributed by atoms with Crippen LogP contribution in [0.3, 0.4) is 0 Å². The van der Waals surface area contributed by atoms with E-state index in [1.165, 1.54) is 0 Å². The van der Waals surface area contributed by atoms with E-state index in [9.17, 15) is 9.90 Å². The summed E-state index contributed by atoms with van der Waals surface area (Å²) in [6.07, 6.45) is 0. The maximum absolute atomic E-state index is 12.2. The molecular formula is C19H19N3O5. The van der Waals surface area contributed by atoms with Crippen LogP contribution in [0.25, 0.3) is 11.4 Å². The van der Waals surface area contributed by atoms with Crippen molar-refractivity contribution in [1.29, 1.82) is 0 Å². The van der Waals surface area contributed by atoms with Crippen LogP contribution in [0.2, 0.25) is 0 Å². The topological polar surface area (TPSA) is 118 Å². The summed E-state index contributed by atoms with van der Waals surface area (Å²) >= 11 is 0. The number of hydrogen-bond acceptors (Lipinski definition) is 7. The zero-order valence-corrected chi connectivity index (χ0v) is 14.4. The Bertz CT molecular complexity index is 865. The maximum atomic E-state index is 12.2. The summed E-state index contributed by atoms with van der Waals surface area (Å²) in [5, 5.41) is 24.9. The van der Waals surface area contributed by atoms with Crippen LogP contribution in [-0.4, -0.2) is 46.1 Å². The monoisotopic (exact) mass is 369 g/mol. The molecular weight excluding hydrogens is 350 g/mol. The Labute approximate surface area is 155 Å². The van der Waals surface area contributed by atoms with Crippen molar-refractivity contribution in [2.24, 2.45) is 0 Å². The van der Waals surface area contributed by atoms with Gasteiger partial charge in [-0.1, -0.05) is 23.4 Å². The van der Waals surface area contributed by atoms with Crippen molar-refractivity contribution >= 4 is 5.91 Å². The first-order valence-corrected chi connectivity index (χ1v) is 8.35. The standard InChI is InChI=1S/C19H19N3O5/c23-10-11-26-15-8-6-13(7-9-15)17-21-19(27-22-17)16(12-24)20-18(25)14-4-2-1-3-5-14/h1-9,16,23-24H,10-12H2,(H,20,25). The molecule has 0 radical (unpaired) electrons. The number of aliphatic hydroxyl groups is 2. The van der Waals surface area contributed by atoms with Crippen LogP contribution >= 0.6 is 0 Å². The number of amides is 1. The molecule has 1 atom stereocenters. The Hall–Kier alpha value is -3.23. The van der Waals surface area contributed by atoms with Crippen molar-refractivity contribution in [3.63, 3.8) is 0 Å². The highest BCUT2D eigenvalue weighted by atomic mass is 16.5. The predicted molar refractivity (Wildman–Crippen MR) is 96.0 cm³/mol. The highest BCUT2D eigenvalue weighted by molar-refractivity contribution is 5.94. The lowest BCUT2D eigenvalue weighted by Crippen LogP contribution is -2.31. The second-order valence-corrected chi connectivity index (χ2v) is 5.63. The van der Waals surface area contributed by atoms with Gasteiger partial charge in [-0.3, -0.25) is 4.79 Å². The Balaban J connectivity index is 1.70. The minimum Gasteiger partial charge on any atom is -0.491 e. The number of nitrogens with zero attached hydrogens (tertiary/aromatic N) is 2. The first kappa shape index (κ1) is 18.6. The second kappa shape index (κ2) is 8.93. The van der Waals surface area contributed by atoms with E-state index in [1.807, 2.05) is 6.07 Å². The number of carbonyl (C=O) groups excluding carboxylic acids is 1. The third-order valence-corrected chi connectivity index (χ3v) is 3.74. The molecule has 0 aliphatic carbocycles. The zero-order chi connectivity index (χ0) is 19.1. The summed E-state index contributed by atoms with van der Waals surface area (Å²) < 4.78 is 10.5. The fourth-order valence-corrected chi connectivity index (χ4v) is 2.37. The first-order valence-electron chi connectivity index (χ1n) is 8.35. The van der Waals surface area contributed by atoms with Gasteiger partial charge in [0, 0.05) is 11.1 Å². The maximum Gasteiger partial charge on any atom is 0.251 e. The molecule has 1 heterocycles. The lowest BCUT2D eigenvalue weighted by Gasteiger charge is -2.11. The molecule has 8 heteroatoms. The largest absolute Gasteiger partial charge is 0.491 e. The van der Waals surface area contributed by atoms with Crippen molar-refractivity contribution in [2.45, 2.75) is 6.04 Å². The third kappa shape index (κ3) is 4.69. The van der Waals surface area contributed by atoms with E-state index in [0.29, 0.717) is 22.7 Å². The summed E-state index contributed by atoms with van der Waals surface area (Å²) in [6, 6.07) is 14.8. The van der Waals surface area contributed by atoms with E-state index in [2.05, 4.69) is 15.5 Å². The summed E-state index contributed by atoms with van der Waals surface area (Å²) in [6.45, 7) is -0.230. The molecule has 1 amide bonds. The average molecular weight is 369 g/mol. The van der Waals surface area contributed by atoms with Crippen LogP contribution < -0.4 is 10.1 Å². The summed E-state index contributed by atoms with van der Waals surface area (Å²) in [5.41, 5.74) is 1.15. The van der Waals surface area contributed by atoms with E-state index in [0.717, 1.165) is 0 Å². The minimum atomic E-state index is -0.814. The van der Waals surface area contributed by atoms with E-state index in [-0.39, 0.29) is 31.6 Å². The van der Waals surface area contributed by atoms with Gasteiger partial charge in [0.2, 0.25) is 5.82 Å². The molecule has 0 saturated heterocycles. The van der Waals surface area contributed by atoms with Gasteiger partial charge in [-0.05, 0) is 36.4 Å². The number of rotatable bonds is 8. The summed E-state index contributed by atoms with van der Waals surface area (Å²) in [4.78, 5) is 16.5. The lowest BCUT2D eigenvalue weighted by molar-refractivity contribution is 0.0901. The number of nitrogens with one attached hydrogen (secondary N) is 1. The molecule has 2 aromatic carbocycles. The fraction of sp³-hybridized carbons (Fsp3) is 0.211. The zero-order valence-electron chi connectivity index (χ0n) is 14.4. The Morgan fingerprint density at radius 1 is 1.11 bits per heavy atom. The smallest absolute Gasteiger partial charge is 0.251 e. The first-order chi connectivity index (χ1) is 13.2. The Morgan fingerprint density at radius 3 is 2.52 bits per heavy atom. The van der Waals surface area contributed by atoms with Gasteiger partial charge in [-0.2, -0.15) is 4.98 Å². The number of hydrogen-bond donors (Lipinski definition) is 3. The number of aromatic nitrogens is 2. The van der Waals surface area contributed by atoms with Crippen molar-refractivity contribution in [1.82, 2.24) is 15.5 Å². The van der Waals surface area contributed by atoms with E-state index in [4.69, 9.17) is 14.4 Å². The molecule has 3 rings (SSSR count). The molecule has 1 unspecified atom stereocenters. The van der Waals surface area contributed by atoms with Crippen LogP contribution in [0.4, 0.5) is 0 Å². The van der Waals surface area contributed by atoms with Gasteiger partial charge in [0.15, 0.2) is 0 Å². The van der Waals surface area contributed by atoms with Crippen molar-refractivity contribution in [3.05, 3.63) is 66.1 Å². The van der Waals surface area contributed by atoms with E-state index < -0.39 is 6.04 Å². The van der Waals surface area contributed by atoms with E-state index in [1.54, 1.807) is 48.5 Å². The van der Waals surface area contributed by atoms with Crippen LogP contribution in [-0.2, 0) is 0 Å². The van der Waals surface area contributed by atoms with Gasteiger partial charge in [-0.25, -0.2) is 0 Å².